The second-order valence-electron chi connectivity index (χ2n) is 8.54. The molecular weight excluding hydrogens is 444 g/mol. The molecule has 1 atom stereocenters. The first-order valence-corrected chi connectivity index (χ1v) is 11.7. The van der Waals surface area contributed by atoms with Crippen LogP contribution in [0.25, 0.3) is 11.3 Å². The summed E-state index contributed by atoms with van der Waals surface area (Å²) in [7, 11) is 0. The van der Waals surface area contributed by atoms with Crippen molar-refractivity contribution in [3.8, 4) is 11.3 Å². The van der Waals surface area contributed by atoms with Crippen molar-refractivity contribution in [2.24, 2.45) is 0 Å². The number of rotatable bonds is 4. The van der Waals surface area contributed by atoms with Gasteiger partial charge in [-0.1, -0.05) is 23.7 Å². The number of benzene rings is 2. The number of halogens is 3. The van der Waals surface area contributed by atoms with Crippen LogP contribution < -0.4 is 15.1 Å². The Morgan fingerprint density at radius 3 is 2.48 bits per heavy atom. The third kappa shape index (κ3) is 4.27. The largest absolute Gasteiger partial charge is 0.369 e. The monoisotopic (exact) mass is 469 g/mol. The summed E-state index contributed by atoms with van der Waals surface area (Å²) >= 11 is 6.16. The van der Waals surface area contributed by atoms with E-state index >= 15 is 0 Å². The highest BCUT2D eigenvalue weighted by molar-refractivity contribution is 6.31. The second kappa shape index (κ2) is 9.23. The molecule has 1 saturated heterocycles. The number of nitrogens with one attached hydrogen (secondary N) is 1. The Bertz CT molecular complexity index is 1150. The predicted molar refractivity (Wildman–Crippen MR) is 128 cm³/mol. The summed E-state index contributed by atoms with van der Waals surface area (Å²) < 4.78 is 28.7. The Morgan fingerprint density at radius 2 is 1.73 bits per heavy atom. The Morgan fingerprint density at radius 1 is 1.00 bits per heavy atom. The fourth-order valence-electron chi connectivity index (χ4n) is 4.70. The highest BCUT2D eigenvalue weighted by Gasteiger charge is 2.29. The smallest absolute Gasteiger partial charge is 0.151 e. The zero-order chi connectivity index (χ0) is 22.9. The van der Waals surface area contributed by atoms with Crippen molar-refractivity contribution in [2.75, 3.05) is 42.5 Å². The van der Waals surface area contributed by atoms with E-state index in [2.05, 4.69) is 39.5 Å². The van der Waals surface area contributed by atoms with Gasteiger partial charge in [0.15, 0.2) is 5.82 Å². The average Bonchev–Trinajstić information content (AvgIpc) is 2.86. The van der Waals surface area contributed by atoms with E-state index in [0.717, 1.165) is 68.1 Å². The minimum Gasteiger partial charge on any atom is -0.369 e. The van der Waals surface area contributed by atoms with Crippen LogP contribution in [0.1, 0.15) is 30.6 Å². The lowest BCUT2D eigenvalue weighted by atomic mass is 10.0. The second-order valence-corrected chi connectivity index (χ2v) is 8.92. The third-order valence-electron chi connectivity index (χ3n) is 6.52. The first kappa shape index (κ1) is 22.0. The molecule has 1 N–H and O–H groups in total. The lowest BCUT2D eigenvalue weighted by Crippen LogP contribution is -2.43. The van der Waals surface area contributed by atoms with Gasteiger partial charge in [-0.3, -0.25) is 4.98 Å². The number of anilines is 2. The van der Waals surface area contributed by atoms with Gasteiger partial charge >= 0.3 is 0 Å². The zero-order valence-corrected chi connectivity index (χ0v) is 19.2. The zero-order valence-electron chi connectivity index (χ0n) is 18.5. The van der Waals surface area contributed by atoms with E-state index in [1.807, 2.05) is 11.8 Å². The molecule has 1 aromatic heterocycles. The molecule has 2 aliphatic heterocycles. The first-order valence-electron chi connectivity index (χ1n) is 11.3. The number of hydrogen-bond donors (Lipinski definition) is 1. The number of hydrogen-bond acceptors (Lipinski definition) is 5. The topological polar surface area (TPSA) is 44.3 Å². The summed E-state index contributed by atoms with van der Waals surface area (Å²) in [6.45, 7) is 6.45. The molecule has 0 amide bonds. The van der Waals surface area contributed by atoms with Crippen LogP contribution in [0.2, 0.25) is 5.02 Å². The molecule has 2 aromatic carbocycles. The van der Waals surface area contributed by atoms with E-state index < -0.39 is 17.7 Å². The molecule has 1 unspecified atom stereocenters. The summed E-state index contributed by atoms with van der Waals surface area (Å²) in [6.07, 6.45) is 3.45. The van der Waals surface area contributed by atoms with Crippen LogP contribution in [-0.2, 0) is 6.42 Å². The van der Waals surface area contributed by atoms with Gasteiger partial charge in [0.1, 0.15) is 11.6 Å². The number of piperazine rings is 1. The fourth-order valence-corrected chi connectivity index (χ4v) is 5.01. The van der Waals surface area contributed by atoms with E-state index in [4.69, 9.17) is 16.6 Å². The Labute approximate surface area is 197 Å². The maximum absolute atomic E-state index is 14.6. The number of aryl methyl sites for hydroxylation is 1. The SMILES string of the molecule is CC(c1c(F)ccc(F)c1Cl)N1CCCc2ncc(-c3ccc(N4CCNCC4)cc3)nc21. The van der Waals surface area contributed by atoms with Gasteiger partial charge in [-0.2, -0.15) is 0 Å². The summed E-state index contributed by atoms with van der Waals surface area (Å²) in [4.78, 5) is 13.9. The normalized spacial score (nSPS) is 17.1. The maximum atomic E-state index is 14.6. The fraction of sp³-hybridized carbons (Fsp3) is 0.360. The molecule has 1 fully saturated rings. The quantitative estimate of drug-likeness (QED) is 0.545. The van der Waals surface area contributed by atoms with Crippen LogP contribution in [0.5, 0.6) is 0 Å². The van der Waals surface area contributed by atoms with Gasteiger partial charge in [0.05, 0.1) is 28.6 Å². The van der Waals surface area contributed by atoms with E-state index in [0.29, 0.717) is 12.4 Å². The molecular formula is C25H26ClF2N5. The number of fused-ring (bicyclic) bond motifs is 1. The summed E-state index contributed by atoms with van der Waals surface area (Å²) in [6, 6.07) is 10.1. The van der Waals surface area contributed by atoms with Crippen molar-refractivity contribution in [1.82, 2.24) is 15.3 Å². The van der Waals surface area contributed by atoms with Crippen LogP contribution >= 0.6 is 11.6 Å². The minimum atomic E-state index is -0.624. The average molecular weight is 470 g/mol. The lowest BCUT2D eigenvalue weighted by Gasteiger charge is -2.35. The predicted octanol–water partition coefficient (Wildman–Crippen LogP) is 5.00. The molecule has 0 bridgehead atoms. The van der Waals surface area contributed by atoms with Crippen LogP contribution in [0.15, 0.2) is 42.6 Å². The Hall–Kier alpha value is -2.77. The lowest BCUT2D eigenvalue weighted by molar-refractivity contribution is 0.540. The Balaban J connectivity index is 1.46. The van der Waals surface area contributed by atoms with Gasteiger partial charge < -0.3 is 15.1 Å². The Kier molecular flexibility index (Phi) is 6.17. The summed E-state index contributed by atoms with van der Waals surface area (Å²) in [5.41, 5.74) is 3.93. The molecule has 0 aliphatic carbocycles. The van der Waals surface area contributed by atoms with E-state index in [-0.39, 0.29) is 10.6 Å². The minimum absolute atomic E-state index is 0.150. The van der Waals surface area contributed by atoms with E-state index in [1.54, 1.807) is 6.20 Å². The van der Waals surface area contributed by atoms with Crippen LogP contribution in [-0.4, -0.2) is 42.7 Å². The molecule has 3 aromatic rings. The van der Waals surface area contributed by atoms with Gasteiger partial charge in [0.25, 0.3) is 0 Å². The molecule has 3 heterocycles. The van der Waals surface area contributed by atoms with Gasteiger partial charge in [0, 0.05) is 49.5 Å². The van der Waals surface area contributed by atoms with E-state index in [9.17, 15) is 8.78 Å². The molecule has 172 valence electrons. The van der Waals surface area contributed by atoms with Crippen molar-refractivity contribution in [3.05, 3.63) is 70.5 Å². The summed E-state index contributed by atoms with van der Waals surface area (Å²) in [5, 5.41) is 3.19. The van der Waals surface area contributed by atoms with Crippen LogP contribution in [0.4, 0.5) is 20.3 Å². The third-order valence-corrected chi connectivity index (χ3v) is 6.91. The van der Waals surface area contributed by atoms with Crippen molar-refractivity contribution < 1.29 is 8.78 Å². The number of aromatic nitrogens is 2. The van der Waals surface area contributed by atoms with Crippen molar-refractivity contribution in [2.45, 2.75) is 25.8 Å². The molecule has 0 radical (unpaired) electrons. The molecule has 0 saturated carbocycles. The van der Waals surface area contributed by atoms with Crippen molar-refractivity contribution in [3.63, 3.8) is 0 Å². The van der Waals surface area contributed by atoms with Crippen molar-refractivity contribution >= 4 is 23.1 Å². The van der Waals surface area contributed by atoms with Gasteiger partial charge in [-0.05, 0) is 44.0 Å². The summed E-state index contributed by atoms with van der Waals surface area (Å²) in [5.74, 6) is -0.438. The first-order chi connectivity index (χ1) is 16.0. The maximum Gasteiger partial charge on any atom is 0.151 e. The molecule has 8 heteroatoms. The number of nitrogens with zero attached hydrogens (tertiary/aromatic N) is 4. The van der Waals surface area contributed by atoms with Gasteiger partial charge in [-0.15, -0.1) is 0 Å². The van der Waals surface area contributed by atoms with Gasteiger partial charge in [0.2, 0.25) is 0 Å². The molecule has 33 heavy (non-hydrogen) atoms. The molecule has 2 aliphatic rings. The molecule has 0 spiro atoms. The van der Waals surface area contributed by atoms with Crippen molar-refractivity contribution in [1.29, 1.82) is 0 Å². The molecule has 5 rings (SSSR count). The van der Waals surface area contributed by atoms with Gasteiger partial charge in [-0.25, -0.2) is 13.8 Å². The molecule has 5 nitrogen and oxygen atoms in total. The highest BCUT2D eigenvalue weighted by Crippen LogP contribution is 2.37. The van der Waals surface area contributed by atoms with Crippen LogP contribution in [0.3, 0.4) is 0 Å². The highest BCUT2D eigenvalue weighted by atomic mass is 35.5. The van der Waals surface area contributed by atoms with Crippen LogP contribution in [0, 0.1) is 11.6 Å². The van der Waals surface area contributed by atoms with E-state index in [1.165, 1.54) is 5.69 Å². The standard InChI is InChI=1S/C25H26ClF2N5/c1-16(23-19(27)8-9-20(28)24(23)26)33-12-2-3-21-25(33)31-22(15-30-21)17-4-6-18(7-5-17)32-13-10-29-11-14-32/h4-9,15-16,29H,2-3,10-14H2,1H3.